The Kier molecular flexibility index (Phi) is 2.93. The fraction of sp³-hybridized carbons (Fsp3) is 1.00. The molecular formula is C8H17NOS. The molecule has 0 aromatic heterocycles. The highest BCUT2D eigenvalue weighted by Crippen LogP contribution is 2.25. The monoisotopic (exact) mass is 175 g/mol. The first kappa shape index (κ1) is 9.04. The van der Waals surface area contributed by atoms with Crippen molar-refractivity contribution in [2.75, 3.05) is 12.8 Å². The lowest BCUT2D eigenvalue weighted by Gasteiger charge is -2.10. The van der Waals surface area contributed by atoms with E-state index in [0.717, 1.165) is 12.8 Å². The van der Waals surface area contributed by atoms with E-state index in [1.54, 1.807) is 0 Å². The van der Waals surface area contributed by atoms with Gasteiger partial charge in [0.2, 0.25) is 0 Å². The van der Waals surface area contributed by atoms with Gasteiger partial charge in [0.25, 0.3) is 0 Å². The van der Waals surface area contributed by atoms with Gasteiger partial charge in [0, 0.05) is 27.8 Å². The molecule has 1 aliphatic carbocycles. The zero-order chi connectivity index (χ0) is 8.32. The quantitative estimate of drug-likeness (QED) is 0.631. The van der Waals surface area contributed by atoms with Crippen molar-refractivity contribution in [1.29, 1.82) is 0 Å². The molecule has 1 atom stereocenters. The maximum Gasteiger partial charge on any atom is 0.0467 e. The molecule has 11 heavy (non-hydrogen) atoms. The fourth-order valence-electron chi connectivity index (χ4n) is 1.69. The molecule has 1 aliphatic rings. The minimum absolute atomic E-state index is 0.391. The Morgan fingerprint density at radius 1 is 1.45 bits per heavy atom. The maximum absolute atomic E-state index is 11.8. The fourth-order valence-corrected chi connectivity index (χ4v) is 3.62. The standard InChI is InChI=1S/C8H17NOS/c1-3-9-11(2,10)8-6-4-5-7-8/h8H,3-7H2,1-2H3. The lowest BCUT2D eigenvalue weighted by molar-refractivity contribution is 0.664. The maximum atomic E-state index is 11.8. The van der Waals surface area contributed by atoms with E-state index in [4.69, 9.17) is 0 Å². The molecule has 1 rings (SSSR count). The zero-order valence-electron chi connectivity index (χ0n) is 7.38. The SMILES string of the molecule is CCN=S(C)(=O)C1CCCC1. The summed E-state index contributed by atoms with van der Waals surface area (Å²) in [6.07, 6.45) is 6.55. The van der Waals surface area contributed by atoms with E-state index < -0.39 is 9.73 Å². The Morgan fingerprint density at radius 2 is 2.00 bits per heavy atom. The lowest BCUT2D eigenvalue weighted by Crippen LogP contribution is -2.15. The third-order valence-electron chi connectivity index (χ3n) is 2.31. The van der Waals surface area contributed by atoms with Crippen LogP contribution in [0.15, 0.2) is 4.36 Å². The number of hydrogen-bond acceptors (Lipinski definition) is 2. The van der Waals surface area contributed by atoms with Crippen molar-refractivity contribution >= 4 is 9.73 Å². The van der Waals surface area contributed by atoms with E-state index in [-0.39, 0.29) is 0 Å². The highest BCUT2D eigenvalue weighted by Gasteiger charge is 2.22. The summed E-state index contributed by atoms with van der Waals surface area (Å²) in [5.74, 6) is 0. The van der Waals surface area contributed by atoms with E-state index in [1.807, 2.05) is 13.2 Å². The van der Waals surface area contributed by atoms with Crippen molar-refractivity contribution < 1.29 is 4.21 Å². The minimum atomic E-state index is -1.84. The summed E-state index contributed by atoms with van der Waals surface area (Å²) in [4.78, 5) is 0. The van der Waals surface area contributed by atoms with Crippen LogP contribution >= 0.6 is 0 Å². The van der Waals surface area contributed by atoms with Crippen LogP contribution in [0.1, 0.15) is 32.6 Å². The molecule has 66 valence electrons. The van der Waals surface area contributed by atoms with E-state index in [9.17, 15) is 4.21 Å². The Labute approximate surface area is 69.6 Å². The highest BCUT2D eigenvalue weighted by molar-refractivity contribution is 7.93. The Morgan fingerprint density at radius 3 is 2.45 bits per heavy atom. The normalized spacial score (nSPS) is 24.9. The van der Waals surface area contributed by atoms with Crippen LogP contribution < -0.4 is 0 Å². The van der Waals surface area contributed by atoms with Crippen LogP contribution in [0.3, 0.4) is 0 Å². The average molecular weight is 175 g/mol. The van der Waals surface area contributed by atoms with Gasteiger partial charge >= 0.3 is 0 Å². The number of rotatable bonds is 2. The van der Waals surface area contributed by atoms with Gasteiger partial charge in [-0.3, -0.25) is 0 Å². The molecule has 0 aliphatic heterocycles. The van der Waals surface area contributed by atoms with Gasteiger partial charge in [0.1, 0.15) is 0 Å². The lowest BCUT2D eigenvalue weighted by atomic mass is 10.4. The number of hydrogen-bond donors (Lipinski definition) is 0. The molecule has 3 heteroatoms. The third kappa shape index (κ3) is 2.19. The molecule has 1 saturated carbocycles. The molecule has 0 saturated heterocycles. The van der Waals surface area contributed by atoms with Crippen molar-refractivity contribution in [3.8, 4) is 0 Å². The van der Waals surface area contributed by atoms with Crippen LogP contribution in [0.25, 0.3) is 0 Å². The molecule has 0 bridgehead atoms. The van der Waals surface area contributed by atoms with E-state index in [1.165, 1.54) is 12.8 Å². The van der Waals surface area contributed by atoms with Crippen molar-refractivity contribution in [3.05, 3.63) is 0 Å². The molecule has 1 fully saturated rings. The first-order valence-electron chi connectivity index (χ1n) is 4.33. The van der Waals surface area contributed by atoms with Crippen LogP contribution in [0, 0.1) is 0 Å². The van der Waals surface area contributed by atoms with E-state index in [2.05, 4.69) is 4.36 Å². The van der Waals surface area contributed by atoms with Gasteiger partial charge < -0.3 is 0 Å². The topological polar surface area (TPSA) is 29.4 Å². The summed E-state index contributed by atoms with van der Waals surface area (Å²) >= 11 is 0. The molecule has 0 aromatic rings. The van der Waals surface area contributed by atoms with Gasteiger partial charge in [-0.1, -0.05) is 12.8 Å². The van der Waals surface area contributed by atoms with Crippen LogP contribution in [0.5, 0.6) is 0 Å². The summed E-state index contributed by atoms with van der Waals surface area (Å²) in [7, 11) is -1.84. The zero-order valence-corrected chi connectivity index (χ0v) is 8.19. The second kappa shape index (κ2) is 3.57. The van der Waals surface area contributed by atoms with Crippen molar-refractivity contribution in [1.82, 2.24) is 0 Å². The van der Waals surface area contributed by atoms with Gasteiger partial charge in [0.05, 0.1) is 0 Å². The summed E-state index contributed by atoms with van der Waals surface area (Å²) in [6, 6.07) is 0. The summed E-state index contributed by atoms with van der Waals surface area (Å²) < 4.78 is 16.0. The van der Waals surface area contributed by atoms with Gasteiger partial charge in [0.15, 0.2) is 0 Å². The van der Waals surface area contributed by atoms with Gasteiger partial charge in [-0.05, 0) is 19.8 Å². The first-order chi connectivity index (χ1) is 5.17. The Bertz CT molecular complexity index is 222. The van der Waals surface area contributed by atoms with Crippen LogP contribution in [0.4, 0.5) is 0 Å². The Hall–Kier alpha value is -0.0500. The summed E-state index contributed by atoms with van der Waals surface area (Å²) in [5.41, 5.74) is 0. The third-order valence-corrected chi connectivity index (χ3v) is 4.79. The van der Waals surface area contributed by atoms with Crippen molar-refractivity contribution in [2.24, 2.45) is 4.36 Å². The van der Waals surface area contributed by atoms with E-state index in [0.29, 0.717) is 11.8 Å². The molecule has 0 spiro atoms. The first-order valence-corrected chi connectivity index (χ1v) is 6.32. The molecule has 0 N–H and O–H groups in total. The molecule has 0 aromatic carbocycles. The molecule has 2 nitrogen and oxygen atoms in total. The highest BCUT2D eigenvalue weighted by atomic mass is 32.2. The van der Waals surface area contributed by atoms with Crippen LogP contribution in [-0.4, -0.2) is 22.3 Å². The second-order valence-electron chi connectivity index (χ2n) is 3.21. The molecular weight excluding hydrogens is 158 g/mol. The second-order valence-corrected chi connectivity index (χ2v) is 5.86. The molecule has 0 heterocycles. The smallest absolute Gasteiger partial charge is 0.0467 e. The molecule has 1 unspecified atom stereocenters. The summed E-state index contributed by atoms with van der Waals surface area (Å²) in [5, 5.41) is 0.391. The van der Waals surface area contributed by atoms with Gasteiger partial charge in [-0.25, -0.2) is 8.57 Å². The van der Waals surface area contributed by atoms with Crippen molar-refractivity contribution in [2.45, 2.75) is 37.9 Å². The van der Waals surface area contributed by atoms with Crippen LogP contribution in [0.2, 0.25) is 0 Å². The predicted octanol–water partition coefficient (Wildman–Crippen LogP) is 2.05. The van der Waals surface area contributed by atoms with Crippen LogP contribution in [-0.2, 0) is 9.73 Å². The Balaban J connectivity index is 2.71. The number of nitrogens with zero attached hydrogens (tertiary/aromatic N) is 1. The largest absolute Gasteiger partial charge is 0.250 e. The average Bonchev–Trinajstić information content (AvgIpc) is 2.37. The predicted molar refractivity (Wildman–Crippen MR) is 49.3 cm³/mol. The molecule has 0 amide bonds. The van der Waals surface area contributed by atoms with Gasteiger partial charge in [-0.2, -0.15) is 0 Å². The van der Waals surface area contributed by atoms with Crippen molar-refractivity contribution in [3.63, 3.8) is 0 Å². The van der Waals surface area contributed by atoms with Gasteiger partial charge in [-0.15, -0.1) is 0 Å². The minimum Gasteiger partial charge on any atom is -0.250 e. The molecule has 0 radical (unpaired) electrons. The van der Waals surface area contributed by atoms with E-state index >= 15 is 0 Å². The summed E-state index contributed by atoms with van der Waals surface area (Å²) in [6.45, 7) is 2.66.